The van der Waals surface area contributed by atoms with Crippen molar-refractivity contribution in [3.8, 4) is 0 Å². The van der Waals surface area contributed by atoms with Crippen LogP contribution in [0.2, 0.25) is 0 Å². The molecule has 1 aromatic carbocycles. The quantitative estimate of drug-likeness (QED) is 0.629. The first-order valence-corrected chi connectivity index (χ1v) is 8.13. The molecule has 3 rings (SSSR count). The second-order valence-corrected chi connectivity index (χ2v) is 6.13. The van der Waals surface area contributed by atoms with Gasteiger partial charge in [0, 0.05) is 18.3 Å². The van der Waals surface area contributed by atoms with E-state index in [9.17, 15) is 19.2 Å². The highest BCUT2D eigenvalue weighted by molar-refractivity contribution is 6.09. The summed E-state index contributed by atoms with van der Waals surface area (Å²) < 4.78 is 0. The number of benzene rings is 1. The van der Waals surface area contributed by atoms with E-state index in [2.05, 4.69) is 10.6 Å². The van der Waals surface area contributed by atoms with E-state index in [0.29, 0.717) is 24.1 Å². The number of nitrogens with one attached hydrogen (secondary N) is 2. The van der Waals surface area contributed by atoms with Crippen LogP contribution in [0.1, 0.15) is 23.2 Å². The number of hydrogen-bond acceptors (Lipinski definition) is 4. The molecule has 0 unspecified atom stereocenters. The number of imide groups is 1. The molecular weight excluding hydrogens is 322 g/mol. The number of carbonyl (C=O) groups is 4. The minimum absolute atomic E-state index is 0.266. The molecule has 1 aromatic rings. The van der Waals surface area contributed by atoms with E-state index in [-0.39, 0.29) is 36.1 Å². The Bertz CT molecular complexity index is 745. The van der Waals surface area contributed by atoms with Crippen LogP contribution in [0.25, 0.3) is 0 Å². The summed E-state index contributed by atoms with van der Waals surface area (Å²) in [5, 5.41) is 5.14. The highest BCUT2D eigenvalue weighted by Gasteiger charge is 2.47. The summed E-state index contributed by atoms with van der Waals surface area (Å²) in [6.45, 7) is -0.311. The molecule has 1 saturated heterocycles. The van der Waals surface area contributed by atoms with Crippen molar-refractivity contribution in [2.24, 2.45) is 11.8 Å². The Labute approximate surface area is 145 Å². The van der Waals surface area contributed by atoms with Crippen molar-refractivity contribution in [3.63, 3.8) is 0 Å². The van der Waals surface area contributed by atoms with E-state index >= 15 is 0 Å². The molecule has 1 aliphatic heterocycles. The zero-order chi connectivity index (χ0) is 18.0. The van der Waals surface area contributed by atoms with Crippen LogP contribution in [0.15, 0.2) is 36.4 Å². The van der Waals surface area contributed by atoms with E-state index in [1.54, 1.807) is 18.2 Å². The molecule has 2 N–H and O–H groups in total. The van der Waals surface area contributed by atoms with Gasteiger partial charge in [-0.15, -0.1) is 0 Å². The first-order chi connectivity index (χ1) is 12.0. The van der Waals surface area contributed by atoms with Gasteiger partial charge in [-0.1, -0.05) is 18.2 Å². The van der Waals surface area contributed by atoms with Gasteiger partial charge in [-0.3, -0.25) is 24.1 Å². The molecule has 1 fully saturated rings. The Hall–Kier alpha value is -2.96. The van der Waals surface area contributed by atoms with Gasteiger partial charge >= 0.3 is 0 Å². The van der Waals surface area contributed by atoms with Crippen LogP contribution < -0.4 is 10.6 Å². The molecule has 0 bridgehead atoms. The van der Waals surface area contributed by atoms with Gasteiger partial charge in [-0.05, 0) is 31.0 Å². The minimum Gasteiger partial charge on any atom is -0.355 e. The first-order valence-electron chi connectivity index (χ1n) is 8.13. The van der Waals surface area contributed by atoms with Crippen LogP contribution >= 0.6 is 0 Å². The van der Waals surface area contributed by atoms with Crippen LogP contribution in [0.3, 0.4) is 0 Å². The lowest BCUT2D eigenvalue weighted by Crippen LogP contribution is -2.38. The summed E-state index contributed by atoms with van der Waals surface area (Å²) in [4.78, 5) is 49.6. The molecule has 1 heterocycles. The van der Waals surface area contributed by atoms with Crippen molar-refractivity contribution in [2.45, 2.75) is 12.8 Å². The maximum atomic E-state index is 12.4. The van der Waals surface area contributed by atoms with Crippen LogP contribution in [0, 0.1) is 11.8 Å². The fraction of sp³-hybridized carbons (Fsp3) is 0.333. The lowest BCUT2D eigenvalue weighted by molar-refractivity contribution is -0.142. The van der Waals surface area contributed by atoms with Crippen molar-refractivity contribution in [2.75, 3.05) is 18.9 Å². The monoisotopic (exact) mass is 341 g/mol. The molecule has 2 atom stereocenters. The average molecular weight is 341 g/mol. The van der Waals surface area contributed by atoms with E-state index in [0.717, 1.165) is 4.90 Å². The summed E-state index contributed by atoms with van der Waals surface area (Å²) >= 11 is 0. The molecule has 0 saturated carbocycles. The Morgan fingerprint density at radius 3 is 2.36 bits per heavy atom. The van der Waals surface area contributed by atoms with E-state index in [1.165, 1.54) is 13.1 Å². The standard InChI is InChI=1S/C18H19N3O4/c1-19-16(23)11-5-4-6-12(9-11)20-15(22)10-21-17(24)13-7-2-3-8-14(13)18(21)25/h2-6,9,13-14H,7-8,10H2,1H3,(H,19,23)(H,20,22)/t13-,14-/m0/s1. The molecule has 0 aromatic heterocycles. The lowest BCUT2D eigenvalue weighted by atomic mass is 9.85. The van der Waals surface area contributed by atoms with Crippen LogP contribution in [0.4, 0.5) is 5.69 Å². The molecule has 7 nitrogen and oxygen atoms in total. The summed E-state index contributed by atoms with van der Waals surface area (Å²) in [5.74, 6) is -1.99. The molecule has 130 valence electrons. The zero-order valence-electron chi connectivity index (χ0n) is 13.8. The smallest absolute Gasteiger partial charge is 0.251 e. The molecule has 0 radical (unpaired) electrons. The van der Waals surface area contributed by atoms with Crippen LogP contribution in [-0.4, -0.2) is 42.1 Å². The Morgan fingerprint density at radius 1 is 1.12 bits per heavy atom. The van der Waals surface area contributed by atoms with Crippen molar-refractivity contribution in [1.29, 1.82) is 0 Å². The van der Waals surface area contributed by atoms with E-state index in [1.807, 2.05) is 12.2 Å². The van der Waals surface area contributed by atoms with Gasteiger partial charge in [0.05, 0.1) is 11.8 Å². The number of nitrogens with zero attached hydrogens (tertiary/aromatic N) is 1. The third-order valence-corrected chi connectivity index (χ3v) is 4.54. The van der Waals surface area contributed by atoms with Gasteiger partial charge < -0.3 is 10.6 Å². The Morgan fingerprint density at radius 2 is 1.76 bits per heavy atom. The molecule has 2 aliphatic rings. The number of fused-ring (bicyclic) bond motifs is 1. The topological polar surface area (TPSA) is 95.6 Å². The van der Waals surface area contributed by atoms with E-state index < -0.39 is 5.91 Å². The fourth-order valence-electron chi connectivity index (χ4n) is 3.25. The maximum absolute atomic E-state index is 12.4. The number of hydrogen-bond donors (Lipinski definition) is 2. The number of carbonyl (C=O) groups excluding carboxylic acids is 4. The third-order valence-electron chi connectivity index (χ3n) is 4.54. The predicted octanol–water partition coefficient (Wildman–Crippen LogP) is 0.936. The maximum Gasteiger partial charge on any atom is 0.251 e. The lowest BCUT2D eigenvalue weighted by Gasteiger charge is -2.14. The van der Waals surface area contributed by atoms with Crippen molar-refractivity contribution in [3.05, 3.63) is 42.0 Å². The number of amides is 4. The van der Waals surface area contributed by atoms with Crippen molar-refractivity contribution in [1.82, 2.24) is 10.2 Å². The zero-order valence-corrected chi connectivity index (χ0v) is 13.8. The fourth-order valence-corrected chi connectivity index (χ4v) is 3.25. The van der Waals surface area contributed by atoms with Crippen molar-refractivity contribution < 1.29 is 19.2 Å². The average Bonchev–Trinajstić information content (AvgIpc) is 2.86. The van der Waals surface area contributed by atoms with E-state index in [4.69, 9.17) is 0 Å². The van der Waals surface area contributed by atoms with Gasteiger partial charge in [0.25, 0.3) is 5.91 Å². The number of likely N-dealkylation sites (tertiary alicyclic amines) is 1. The Balaban J connectivity index is 1.66. The molecule has 7 heteroatoms. The molecule has 1 aliphatic carbocycles. The number of rotatable bonds is 4. The molecule has 0 spiro atoms. The Kier molecular flexibility index (Phi) is 4.65. The summed E-state index contributed by atoms with van der Waals surface area (Å²) in [7, 11) is 1.52. The summed E-state index contributed by atoms with van der Waals surface area (Å²) in [6.07, 6.45) is 4.89. The number of allylic oxidation sites excluding steroid dienone is 2. The van der Waals surface area contributed by atoms with Gasteiger partial charge in [0.1, 0.15) is 6.54 Å². The summed E-state index contributed by atoms with van der Waals surface area (Å²) in [6, 6.07) is 6.45. The van der Waals surface area contributed by atoms with Gasteiger partial charge in [-0.2, -0.15) is 0 Å². The highest BCUT2D eigenvalue weighted by Crippen LogP contribution is 2.34. The minimum atomic E-state index is -0.470. The highest BCUT2D eigenvalue weighted by atomic mass is 16.2. The van der Waals surface area contributed by atoms with Crippen LogP contribution in [0.5, 0.6) is 0 Å². The first kappa shape index (κ1) is 16.9. The van der Waals surface area contributed by atoms with Crippen LogP contribution in [-0.2, 0) is 14.4 Å². The van der Waals surface area contributed by atoms with Gasteiger partial charge in [0.2, 0.25) is 17.7 Å². The normalized spacial score (nSPS) is 21.9. The second-order valence-electron chi connectivity index (χ2n) is 6.13. The third kappa shape index (κ3) is 3.31. The number of anilines is 1. The second kappa shape index (κ2) is 6.88. The van der Waals surface area contributed by atoms with Crippen molar-refractivity contribution >= 4 is 29.3 Å². The molecule has 25 heavy (non-hydrogen) atoms. The summed E-state index contributed by atoms with van der Waals surface area (Å²) in [5.41, 5.74) is 0.843. The SMILES string of the molecule is CNC(=O)c1cccc(NC(=O)CN2C(=O)[C@H]3CC=CC[C@@H]3C2=O)c1. The molecular formula is C18H19N3O4. The molecule has 4 amide bonds. The van der Waals surface area contributed by atoms with Gasteiger partial charge in [0.15, 0.2) is 0 Å². The predicted molar refractivity (Wildman–Crippen MR) is 90.5 cm³/mol. The van der Waals surface area contributed by atoms with Gasteiger partial charge in [-0.25, -0.2) is 0 Å². The largest absolute Gasteiger partial charge is 0.355 e.